The second-order valence-corrected chi connectivity index (χ2v) is 11.3. The molecule has 16 nitrogen and oxygen atoms in total. The van der Waals surface area contributed by atoms with Crippen molar-refractivity contribution >= 4 is 47.3 Å². The first-order valence-electron chi connectivity index (χ1n) is 15.0. The molecule has 8 N–H and O–H groups in total. The maximum absolute atomic E-state index is 13.1. The number of nitrogens with two attached hydrogens (primary N) is 1. The molecule has 0 aliphatic rings. The van der Waals surface area contributed by atoms with E-state index in [1.807, 2.05) is 0 Å². The molecule has 256 valence electrons. The molecule has 8 amide bonds. The first-order chi connectivity index (χ1) is 21.6. The van der Waals surface area contributed by atoms with Gasteiger partial charge >= 0.3 is 12.1 Å². The first kappa shape index (κ1) is 39.1. The number of carbonyl (C=O) groups is 7. The number of ether oxygens (including phenoxy) is 1. The van der Waals surface area contributed by atoms with Crippen LogP contribution in [0.5, 0.6) is 0 Å². The van der Waals surface area contributed by atoms with E-state index in [1.54, 1.807) is 52.0 Å². The van der Waals surface area contributed by atoms with Crippen LogP contribution in [0, 0.1) is 11.8 Å². The molecule has 0 heterocycles. The Morgan fingerprint density at radius 2 is 1.50 bits per heavy atom. The van der Waals surface area contributed by atoms with Crippen LogP contribution in [0.15, 0.2) is 24.3 Å². The summed E-state index contributed by atoms with van der Waals surface area (Å²) in [6.45, 7) is 8.20. The van der Waals surface area contributed by atoms with Gasteiger partial charge in [0.1, 0.15) is 24.7 Å². The largest absolute Gasteiger partial charge is 0.445 e. The van der Waals surface area contributed by atoms with Gasteiger partial charge in [-0.05, 0) is 42.4 Å². The first-order valence-corrected chi connectivity index (χ1v) is 15.0. The summed E-state index contributed by atoms with van der Waals surface area (Å²) in [6, 6.07) is 3.10. The van der Waals surface area contributed by atoms with Gasteiger partial charge in [-0.25, -0.2) is 9.59 Å². The van der Waals surface area contributed by atoms with Crippen LogP contribution in [0.1, 0.15) is 53.0 Å². The number of nitrogens with one attached hydrogen (secondary N) is 6. The lowest BCUT2D eigenvalue weighted by molar-refractivity contribution is -0.133. The van der Waals surface area contributed by atoms with Crippen LogP contribution in [0.3, 0.4) is 0 Å². The molecule has 1 aromatic carbocycles. The molecule has 0 unspecified atom stereocenters. The average Bonchev–Trinajstić information content (AvgIpc) is 2.98. The maximum Gasteiger partial charge on any atom is 0.410 e. The number of carbonyl (C=O) groups excluding carboxylic acids is 7. The van der Waals surface area contributed by atoms with Crippen LogP contribution in [-0.2, 0) is 35.3 Å². The molecule has 0 fully saturated rings. The van der Waals surface area contributed by atoms with Gasteiger partial charge in [0, 0.05) is 33.3 Å². The lowest BCUT2D eigenvalue weighted by Gasteiger charge is -2.31. The van der Waals surface area contributed by atoms with Crippen molar-refractivity contribution in [1.29, 1.82) is 0 Å². The molecule has 1 rings (SSSR count). The van der Waals surface area contributed by atoms with Gasteiger partial charge in [-0.1, -0.05) is 39.8 Å². The van der Waals surface area contributed by atoms with Crippen molar-refractivity contribution in [2.24, 2.45) is 17.6 Å². The highest BCUT2D eigenvalue weighted by Gasteiger charge is 2.34. The standard InChI is InChI=1S/C30H48N8O8/c1-17(2)24(27(42)32-6)37-28(43)25(18(3)4)38(7)30(45)46-16-20-10-12-21(13-11-20)35-26(41)22(9-8-14-33-29(31)44)36-23(40)15-34-19(5)39/h10-13,17-18,22,24-25H,8-9,14-16H2,1-7H3,(H,32,42)(H,34,39)(H,35,41)(H,36,40)(H,37,43)(H3,31,33,44)/t22-,24-,25-/m0/s1. The summed E-state index contributed by atoms with van der Waals surface area (Å²) < 4.78 is 5.43. The number of urea groups is 1. The molecule has 1 aromatic rings. The fourth-order valence-corrected chi connectivity index (χ4v) is 4.37. The summed E-state index contributed by atoms with van der Waals surface area (Å²) in [6.07, 6.45) is -0.221. The second-order valence-electron chi connectivity index (χ2n) is 11.3. The Bertz CT molecular complexity index is 1220. The minimum absolute atomic E-state index is 0.120. The predicted molar refractivity (Wildman–Crippen MR) is 170 cm³/mol. The van der Waals surface area contributed by atoms with Gasteiger partial charge in [0.2, 0.25) is 29.5 Å². The summed E-state index contributed by atoms with van der Waals surface area (Å²) in [5, 5.41) is 15.3. The van der Waals surface area contributed by atoms with Crippen LogP contribution in [0.2, 0.25) is 0 Å². The van der Waals surface area contributed by atoms with Crippen LogP contribution in [0.25, 0.3) is 0 Å². The summed E-state index contributed by atoms with van der Waals surface area (Å²) in [4.78, 5) is 86.6. The van der Waals surface area contributed by atoms with Gasteiger partial charge in [0.25, 0.3) is 0 Å². The second kappa shape index (κ2) is 19.5. The number of rotatable bonds is 17. The number of hydrogen-bond donors (Lipinski definition) is 7. The normalized spacial score (nSPS) is 12.6. The zero-order valence-corrected chi connectivity index (χ0v) is 27.5. The third-order valence-corrected chi connectivity index (χ3v) is 6.80. The topological polar surface area (TPSA) is 230 Å². The Morgan fingerprint density at radius 3 is 2.02 bits per heavy atom. The molecule has 0 radical (unpaired) electrons. The van der Waals surface area contributed by atoms with E-state index in [2.05, 4.69) is 31.9 Å². The molecular formula is C30H48N8O8. The van der Waals surface area contributed by atoms with Crippen LogP contribution in [-0.4, -0.2) is 91.9 Å². The van der Waals surface area contributed by atoms with Gasteiger partial charge in [0.05, 0.1) is 6.54 Å². The van der Waals surface area contributed by atoms with Gasteiger partial charge in [-0.15, -0.1) is 0 Å². The highest BCUT2D eigenvalue weighted by molar-refractivity contribution is 5.97. The molecule has 0 bridgehead atoms. The lowest BCUT2D eigenvalue weighted by atomic mass is 9.99. The molecule has 0 aromatic heterocycles. The van der Waals surface area contributed by atoms with Gasteiger partial charge < -0.3 is 42.4 Å². The minimum atomic E-state index is -0.967. The Hall–Kier alpha value is -4.89. The van der Waals surface area contributed by atoms with E-state index in [9.17, 15) is 33.6 Å². The summed E-state index contributed by atoms with van der Waals surface area (Å²) in [5.74, 6) is -2.76. The SMILES string of the molecule is CNC(=O)[C@@H](NC(=O)[C@H](C(C)C)N(C)C(=O)OCc1ccc(NC(=O)[C@H](CCCNC(N)=O)NC(=O)CNC(C)=O)cc1)C(C)C. The smallest absolute Gasteiger partial charge is 0.410 e. The van der Waals surface area contributed by atoms with Crippen molar-refractivity contribution in [3.63, 3.8) is 0 Å². The number of likely N-dealkylation sites (N-methyl/N-ethyl adjacent to an activating group) is 2. The number of amides is 8. The van der Waals surface area contributed by atoms with Crippen molar-refractivity contribution in [3.8, 4) is 0 Å². The van der Waals surface area contributed by atoms with E-state index >= 15 is 0 Å². The fourth-order valence-electron chi connectivity index (χ4n) is 4.37. The van der Waals surface area contributed by atoms with E-state index in [0.29, 0.717) is 17.7 Å². The number of primary amides is 1. The summed E-state index contributed by atoms with van der Waals surface area (Å²) in [7, 11) is 2.93. The lowest BCUT2D eigenvalue weighted by Crippen LogP contribution is -2.56. The molecule has 16 heteroatoms. The van der Waals surface area contributed by atoms with E-state index in [1.165, 1.54) is 25.9 Å². The fraction of sp³-hybridized carbons (Fsp3) is 0.567. The van der Waals surface area contributed by atoms with E-state index < -0.39 is 53.9 Å². The summed E-state index contributed by atoms with van der Waals surface area (Å²) in [5.41, 5.74) is 6.07. The molecule has 0 aliphatic carbocycles. The van der Waals surface area contributed by atoms with Gasteiger partial charge in [-0.3, -0.25) is 28.9 Å². The molecule has 0 spiro atoms. The zero-order valence-electron chi connectivity index (χ0n) is 27.5. The van der Waals surface area contributed by atoms with E-state index in [4.69, 9.17) is 10.5 Å². The molecular weight excluding hydrogens is 600 g/mol. The number of benzene rings is 1. The van der Waals surface area contributed by atoms with Gasteiger partial charge in [0.15, 0.2) is 0 Å². The quantitative estimate of drug-likeness (QED) is 0.115. The number of hydrogen-bond acceptors (Lipinski definition) is 8. The van der Waals surface area contributed by atoms with Crippen LogP contribution < -0.4 is 37.6 Å². The number of anilines is 1. The number of nitrogens with zero attached hydrogens (tertiary/aromatic N) is 1. The Kier molecular flexibility index (Phi) is 16.6. The van der Waals surface area contributed by atoms with Crippen molar-refractivity contribution < 1.29 is 38.3 Å². The molecule has 0 aliphatic heterocycles. The monoisotopic (exact) mass is 648 g/mol. The molecule has 3 atom stereocenters. The Morgan fingerprint density at radius 1 is 0.870 bits per heavy atom. The molecule has 46 heavy (non-hydrogen) atoms. The highest BCUT2D eigenvalue weighted by Crippen LogP contribution is 2.15. The van der Waals surface area contributed by atoms with E-state index in [-0.39, 0.29) is 43.9 Å². The molecule has 0 saturated carbocycles. The third-order valence-electron chi connectivity index (χ3n) is 6.80. The van der Waals surface area contributed by atoms with Crippen molar-refractivity contribution in [3.05, 3.63) is 29.8 Å². The van der Waals surface area contributed by atoms with Crippen molar-refractivity contribution in [2.75, 3.05) is 32.5 Å². The van der Waals surface area contributed by atoms with E-state index in [0.717, 1.165) is 0 Å². The Balaban J connectivity index is 2.84. The minimum Gasteiger partial charge on any atom is -0.445 e. The van der Waals surface area contributed by atoms with Crippen molar-refractivity contribution in [2.45, 2.75) is 72.2 Å². The predicted octanol–water partition coefficient (Wildman–Crippen LogP) is 0.174. The molecule has 0 saturated heterocycles. The van der Waals surface area contributed by atoms with Gasteiger partial charge in [-0.2, -0.15) is 0 Å². The third kappa shape index (κ3) is 13.8. The maximum atomic E-state index is 13.1. The Labute approximate surface area is 269 Å². The van der Waals surface area contributed by atoms with Crippen LogP contribution in [0.4, 0.5) is 15.3 Å². The highest BCUT2D eigenvalue weighted by atomic mass is 16.6. The van der Waals surface area contributed by atoms with Crippen molar-refractivity contribution in [1.82, 2.24) is 31.5 Å². The average molecular weight is 649 g/mol. The summed E-state index contributed by atoms with van der Waals surface area (Å²) >= 11 is 0. The zero-order chi connectivity index (χ0) is 35.0. The van der Waals surface area contributed by atoms with Crippen LogP contribution >= 0.6 is 0 Å².